The van der Waals surface area contributed by atoms with Crippen LogP contribution in [0.4, 0.5) is 0 Å². The normalized spacial score (nSPS) is 18.7. The van der Waals surface area contributed by atoms with Crippen LogP contribution in [0.3, 0.4) is 0 Å². The van der Waals surface area contributed by atoms with Gasteiger partial charge in [0.15, 0.2) is 5.96 Å². The lowest BCUT2D eigenvalue weighted by atomic mass is 9.68. The van der Waals surface area contributed by atoms with Crippen LogP contribution in [0.5, 0.6) is 0 Å². The second-order valence-corrected chi connectivity index (χ2v) is 8.45. The third-order valence-corrected chi connectivity index (χ3v) is 6.37. The number of nitrogens with zero attached hydrogens (tertiary/aromatic N) is 3. The van der Waals surface area contributed by atoms with E-state index in [9.17, 15) is 0 Å². The Labute approximate surface area is 168 Å². The van der Waals surface area contributed by atoms with Gasteiger partial charge in [0.1, 0.15) is 5.76 Å². The molecule has 0 amide bonds. The first-order valence-electron chi connectivity index (χ1n) is 10.4. The summed E-state index contributed by atoms with van der Waals surface area (Å²) in [4.78, 5) is 9.29. The summed E-state index contributed by atoms with van der Waals surface area (Å²) in [5, 5.41) is 3.61. The van der Waals surface area contributed by atoms with Crippen LogP contribution >= 0.6 is 0 Å². The molecule has 2 aromatic rings. The molecular formula is C23H32N4O. The van der Waals surface area contributed by atoms with Gasteiger partial charge in [0.05, 0.1) is 12.8 Å². The predicted octanol–water partition coefficient (Wildman–Crippen LogP) is 3.86. The molecule has 0 unspecified atom stereocenters. The molecule has 1 aromatic heterocycles. The molecule has 1 saturated carbocycles. The first-order chi connectivity index (χ1) is 13.7. The molecule has 4 rings (SSSR count). The van der Waals surface area contributed by atoms with Crippen LogP contribution < -0.4 is 5.32 Å². The standard InChI is InChI=1S/C23H32N4O/c1-24-22(27-13-12-23(18-27)10-6-11-23)25-15-19-7-3-4-8-20(19)16-26(2)17-21-9-5-14-28-21/h3-5,7-9,14H,6,10-13,15-18H2,1-2H3,(H,24,25). The molecule has 2 heterocycles. The number of guanidine groups is 1. The summed E-state index contributed by atoms with van der Waals surface area (Å²) in [6.45, 7) is 4.81. The molecule has 5 nitrogen and oxygen atoms in total. The molecule has 2 aliphatic rings. The Morgan fingerprint density at radius 3 is 2.61 bits per heavy atom. The number of furan rings is 1. The summed E-state index contributed by atoms with van der Waals surface area (Å²) < 4.78 is 5.48. The maximum Gasteiger partial charge on any atom is 0.193 e. The molecule has 0 radical (unpaired) electrons. The quantitative estimate of drug-likeness (QED) is 0.610. The van der Waals surface area contributed by atoms with Gasteiger partial charge in [-0.2, -0.15) is 0 Å². The minimum absolute atomic E-state index is 0.587. The van der Waals surface area contributed by atoms with Gasteiger partial charge >= 0.3 is 0 Å². The van der Waals surface area contributed by atoms with E-state index in [1.807, 2.05) is 19.2 Å². The molecule has 0 atom stereocenters. The Bertz CT molecular complexity index is 795. The van der Waals surface area contributed by atoms with Crippen molar-refractivity contribution in [1.29, 1.82) is 0 Å². The van der Waals surface area contributed by atoms with E-state index in [1.54, 1.807) is 6.26 Å². The van der Waals surface area contributed by atoms with Gasteiger partial charge in [-0.15, -0.1) is 0 Å². The molecule has 1 N–H and O–H groups in total. The molecular weight excluding hydrogens is 348 g/mol. The summed E-state index contributed by atoms with van der Waals surface area (Å²) in [7, 11) is 4.03. The minimum atomic E-state index is 0.587. The maximum absolute atomic E-state index is 5.48. The molecule has 1 aliphatic carbocycles. The Morgan fingerprint density at radius 1 is 1.14 bits per heavy atom. The SMILES string of the molecule is CN=C(NCc1ccccc1CN(C)Cc1ccco1)N1CCC2(CCC2)C1. The number of hydrogen-bond acceptors (Lipinski definition) is 3. The van der Waals surface area contributed by atoms with Crippen molar-refractivity contribution in [1.82, 2.24) is 15.1 Å². The number of likely N-dealkylation sites (tertiary alicyclic amines) is 1. The van der Waals surface area contributed by atoms with Gasteiger partial charge in [-0.3, -0.25) is 9.89 Å². The fraction of sp³-hybridized carbons (Fsp3) is 0.522. The van der Waals surface area contributed by atoms with Crippen LogP contribution in [-0.2, 0) is 19.6 Å². The zero-order valence-electron chi connectivity index (χ0n) is 17.2. The second kappa shape index (κ2) is 8.39. The van der Waals surface area contributed by atoms with E-state index in [0.717, 1.165) is 37.9 Å². The van der Waals surface area contributed by atoms with E-state index in [-0.39, 0.29) is 0 Å². The number of rotatable bonds is 6. The third-order valence-electron chi connectivity index (χ3n) is 6.37. The number of nitrogens with one attached hydrogen (secondary N) is 1. The van der Waals surface area contributed by atoms with E-state index < -0.39 is 0 Å². The first kappa shape index (κ1) is 19.1. The highest BCUT2D eigenvalue weighted by molar-refractivity contribution is 5.80. The van der Waals surface area contributed by atoms with Crippen molar-refractivity contribution in [2.75, 3.05) is 27.2 Å². The van der Waals surface area contributed by atoms with Crippen molar-refractivity contribution in [3.63, 3.8) is 0 Å². The highest BCUT2D eigenvalue weighted by atomic mass is 16.3. The van der Waals surface area contributed by atoms with E-state index in [2.05, 4.69) is 51.4 Å². The van der Waals surface area contributed by atoms with Gasteiger partial charge in [-0.1, -0.05) is 30.7 Å². The number of hydrogen-bond donors (Lipinski definition) is 1. The van der Waals surface area contributed by atoms with Crippen LogP contribution in [0, 0.1) is 5.41 Å². The van der Waals surface area contributed by atoms with Gasteiger partial charge in [0, 0.05) is 33.2 Å². The summed E-state index contributed by atoms with van der Waals surface area (Å²) in [5.41, 5.74) is 3.26. The van der Waals surface area contributed by atoms with E-state index >= 15 is 0 Å². The minimum Gasteiger partial charge on any atom is -0.468 e. The maximum atomic E-state index is 5.48. The molecule has 1 saturated heterocycles. The number of aliphatic imine (C=N–C) groups is 1. The zero-order valence-corrected chi connectivity index (χ0v) is 17.2. The Balaban J connectivity index is 1.35. The fourth-order valence-electron chi connectivity index (χ4n) is 4.61. The molecule has 28 heavy (non-hydrogen) atoms. The fourth-order valence-corrected chi connectivity index (χ4v) is 4.61. The molecule has 150 valence electrons. The van der Waals surface area contributed by atoms with Crippen molar-refractivity contribution < 1.29 is 4.42 Å². The van der Waals surface area contributed by atoms with Crippen molar-refractivity contribution in [2.45, 2.75) is 45.3 Å². The van der Waals surface area contributed by atoms with E-state index in [1.165, 1.54) is 43.4 Å². The Hall–Kier alpha value is -2.27. The average molecular weight is 381 g/mol. The highest BCUT2D eigenvalue weighted by Crippen LogP contribution is 2.47. The van der Waals surface area contributed by atoms with Gasteiger partial charge < -0.3 is 14.6 Å². The summed E-state index contributed by atoms with van der Waals surface area (Å²) in [5.74, 6) is 2.04. The second-order valence-electron chi connectivity index (χ2n) is 8.45. The third kappa shape index (κ3) is 4.25. The highest BCUT2D eigenvalue weighted by Gasteiger charge is 2.43. The smallest absolute Gasteiger partial charge is 0.193 e. The molecule has 0 bridgehead atoms. The lowest BCUT2D eigenvalue weighted by Crippen LogP contribution is -2.42. The lowest BCUT2D eigenvalue weighted by Gasteiger charge is -2.38. The molecule has 1 aromatic carbocycles. The summed E-state index contributed by atoms with van der Waals surface area (Å²) >= 11 is 0. The lowest BCUT2D eigenvalue weighted by molar-refractivity contribution is 0.151. The van der Waals surface area contributed by atoms with E-state index in [4.69, 9.17) is 4.42 Å². The van der Waals surface area contributed by atoms with Gasteiger partial charge in [0.25, 0.3) is 0 Å². The van der Waals surface area contributed by atoms with Crippen LogP contribution in [0.15, 0.2) is 52.1 Å². The first-order valence-corrected chi connectivity index (χ1v) is 10.4. The molecule has 2 fully saturated rings. The molecule has 1 aliphatic heterocycles. The van der Waals surface area contributed by atoms with Crippen molar-refractivity contribution in [2.24, 2.45) is 10.4 Å². The Kier molecular flexibility index (Phi) is 5.72. The molecule has 1 spiro atoms. The van der Waals surface area contributed by atoms with E-state index in [0.29, 0.717) is 5.41 Å². The monoisotopic (exact) mass is 380 g/mol. The summed E-state index contributed by atoms with van der Waals surface area (Å²) in [6.07, 6.45) is 7.25. The van der Waals surface area contributed by atoms with Crippen molar-refractivity contribution >= 4 is 5.96 Å². The topological polar surface area (TPSA) is 44.0 Å². The Morgan fingerprint density at radius 2 is 1.96 bits per heavy atom. The predicted molar refractivity (Wildman–Crippen MR) is 113 cm³/mol. The summed E-state index contributed by atoms with van der Waals surface area (Å²) in [6, 6.07) is 12.6. The molecule has 5 heteroatoms. The average Bonchev–Trinajstić information content (AvgIpc) is 3.33. The van der Waals surface area contributed by atoms with Crippen molar-refractivity contribution in [3.8, 4) is 0 Å². The van der Waals surface area contributed by atoms with Gasteiger partial charge in [0.2, 0.25) is 0 Å². The van der Waals surface area contributed by atoms with Crippen LogP contribution in [0.2, 0.25) is 0 Å². The van der Waals surface area contributed by atoms with Crippen LogP contribution in [-0.4, -0.2) is 42.9 Å². The largest absolute Gasteiger partial charge is 0.468 e. The zero-order chi connectivity index (χ0) is 19.4. The van der Waals surface area contributed by atoms with Crippen LogP contribution in [0.25, 0.3) is 0 Å². The van der Waals surface area contributed by atoms with Crippen molar-refractivity contribution in [3.05, 3.63) is 59.5 Å². The van der Waals surface area contributed by atoms with Crippen LogP contribution in [0.1, 0.15) is 42.6 Å². The van der Waals surface area contributed by atoms with Gasteiger partial charge in [-0.05, 0) is 55.0 Å². The number of benzene rings is 1. The van der Waals surface area contributed by atoms with Gasteiger partial charge in [-0.25, -0.2) is 0 Å².